The van der Waals surface area contributed by atoms with Crippen LogP contribution in [0.25, 0.3) is 133 Å². The average molecular weight is 813 g/mol. The molecule has 14 rings (SSSR count). The highest BCUT2D eigenvalue weighted by Crippen LogP contribution is 2.48. The first-order valence-corrected chi connectivity index (χ1v) is 21.9. The molecule has 4 heteroatoms. The first kappa shape index (κ1) is 35.0. The first-order chi connectivity index (χ1) is 31.7. The van der Waals surface area contributed by atoms with Gasteiger partial charge in [0.25, 0.3) is 0 Å². The topological polar surface area (TPSA) is 35.6 Å². The lowest BCUT2D eigenvalue weighted by Crippen LogP contribution is -2.04. The number of hydrogen-bond donors (Lipinski definition) is 0. The van der Waals surface area contributed by atoms with E-state index in [0.717, 1.165) is 82.9 Å². The first-order valence-electron chi connectivity index (χ1n) is 21.9. The zero-order chi connectivity index (χ0) is 41.9. The molecule has 0 fully saturated rings. The van der Waals surface area contributed by atoms with Crippen molar-refractivity contribution in [2.75, 3.05) is 0 Å². The lowest BCUT2D eigenvalue weighted by Gasteiger charge is -2.17. The largest absolute Gasteiger partial charge is 0.308 e. The number of fused-ring (bicyclic) bond motifs is 14. The van der Waals surface area contributed by atoms with E-state index in [1.807, 2.05) is 0 Å². The SMILES string of the molecule is c1ccc(-c2cc(-c3ccccc3)cc(-c3nc4c(ccc5ccccc54)nc3-n3c4ccccc4c4cc5c(cc43)c3cccc4c3n5-c3ccccc3-c3ccccc3-4)c2)cc1. The lowest BCUT2D eigenvalue weighted by atomic mass is 9.94. The summed E-state index contributed by atoms with van der Waals surface area (Å²) in [4.78, 5) is 11.4. The van der Waals surface area contributed by atoms with Gasteiger partial charge < -0.3 is 4.57 Å². The van der Waals surface area contributed by atoms with Crippen molar-refractivity contribution >= 4 is 65.4 Å². The van der Waals surface area contributed by atoms with Gasteiger partial charge >= 0.3 is 0 Å². The van der Waals surface area contributed by atoms with E-state index in [1.54, 1.807) is 0 Å². The molecule has 0 aliphatic carbocycles. The predicted octanol–water partition coefficient (Wildman–Crippen LogP) is 15.6. The minimum absolute atomic E-state index is 0.794. The smallest absolute Gasteiger partial charge is 0.165 e. The van der Waals surface area contributed by atoms with Crippen LogP contribution in [-0.4, -0.2) is 19.1 Å². The average Bonchev–Trinajstić information content (AvgIpc) is 3.83. The maximum Gasteiger partial charge on any atom is 0.165 e. The Morgan fingerprint density at radius 1 is 0.312 bits per heavy atom. The van der Waals surface area contributed by atoms with E-state index in [2.05, 4.69) is 228 Å². The summed E-state index contributed by atoms with van der Waals surface area (Å²) in [7, 11) is 0. The summed E-state index contributed by atoms with van der Waals surface area (Å²) < 4.78 is 4.88. The summed E-state index contributed by atoms with van der Waals surface area (Å²) in [6.07, 6.45) is 0. The van der Waals surface area contributed by atoms with Gasteiger partial charge in [-0.05, 0) is 87.3 Å². The summed E-state index contributed by atoms with van der Waals surface area (Å²) in [5.74, 6) is 0.794. The third-order valence-corrected chi connectivity index (χ3v) is 13.4. The maximum atomic E-state index is 5.73. The van der Waals surface area contributed by atoms with Gasteiger partial charge in [0.2, 0.25) is 0 Å². The van der Waals surface area contributed by atoms with Gasteiger partial charge in [0.1, 0.15) is 5.69 Å². The summed E-state index contributed by atoms with van der Waals surface area (Å²) >= 11 is 0. The van der Waals surface area contributed by atoms with Crippen LogP contribution in [0.5, 0.6) is 0 Å². The van der Waals surface area contributed by atoms with Crippen molar-refractivity contribution in [3.05, 3.63) is 218 Å². The molecular weight excluding hydrogens is 777 g/mol. The minimum Gasteiger partial charge on any atom is -0.308 e. The summed E-state index contributed by atoms with van der Waals surface area (Å²) in [6.45, 7) is 0. The van der Waals surface area contributed by atoms with E-state index in [-0.39, 0.29) is 0 Å². The number of nitrogens with zero attached hydrogens (tertiary/aromatic N) is 4. The molecule has 0 bridgehead atoms. The Bertz CT molecular complexity index is 4010. The molecule has 296 valence electrons. The van der Waals surface area contributed by atoms with Gasteiger partial charge in [-0.2, -0.15) is 0 Å². The molecule has 1 aliphatic rings. The van der Waals surface area contributed by atoms with Gasteiger partial charge in [0.05, 0.1) is 38.8 Å². The fourth-order valence-corrected chi connectivity index (χ4v) is 10.6. The second-order valence-corrected chi connectivity index (χ2v) is 16.9. The van der Waals surface area contributed by atoms with E-state index in [1.165, 1.54) is 49.7 Å². The standard InChI is InChI=1S/C60H36N4/c1-3-16-37(17-4-1)40-32-41(38-18-5-2-6-19-38)34-42(33-40)57-60(61-52-31-30-39-20-7-8-21-43(39)58(52)62-57)64-54-29-14-12-25-47(54)50-35-55-51(36-56(50)64)49-27-15-26-48-45-23-10-9-22-44(45)46-24-11-13-28-53(46)63(55)59(48)49/h1-36H. The Kier molecular flexibility index (Phi) is 7.36. The van der Waals surface area contributed by atoms with E-state index in [4.69, 9.17) is 9.97 Å². The molecule has 10 aromatic carbocycles. The van der Waals surface area contributed by atoms with Crippen molar-refractivity contribution in [3.63, 3.8) is 0 Å². The molecule has 64 heavy (non-hydrogen) atoms. The van der Waals surface area contributed by atoms with Crippen LogP contribution in [0.15, 0.2) is 218 Å². The molecule has 0 unspecified atom stereocenters. The molecular formula is C60H36N4. The van der Waals surface area contributed by atoms with E-state index in [0.29, 0.717) is 0 Å². The van der Waals surface area contributed by atoms with Crippen LogP contribution in [0.3, 0.4) is 0 Å². The van der Waals surface area contributed by atoms with Crippen LogP contribution in [-0.2, 0) is 0 Å². The number of rotatable bonds is 4. The fourth-order valence-electron chi connectivity index (χ4n) is 10.6. The third-order valence-electron chi connectivity index (χ3n) is 13.4. The molecule has 0 radical (unpaired) electrons. The van der Waals surface area contributed by atoms with Crippen LogP contribution in [0.1, 0.15) is 0 Å². The van der Waals surface area contributed by atoms with Crippen molar-refractivity contribution in [2.24, 2.45) is 0 Å². The van der Waals surface area contributed by atoms with E-state index < -0.39 is 0 Å². The van der Waals surface area contributed by atoms with E-state index in [9.17, 15) is 0 Å². The van der Waals surface area contributed by atoms with Gasteiger partial charge in [-0.25, -0.2) is 9.97 Å². The highest BCUT2D eigenvalue weighted by atomic mass is 15.1. The predicted molar refractivity (Wildman–Crippen MR) is 266 cm³/mol. The van der Waals surface area contributed by atoms with Crippen molar-refractivity contribution in [3.8, 4) is 67.3 Å². The monoisotopic (exact) mass is 812 g/mol. The van der Waals surface area contributed by atoms with Crippen LogP contribution in [0.4, 0.5) is 0 Å². The fraction of sp³-hybridized carbons (Fsp3) is 0. The third kappa shape index (κ3) is 5.05. The van der Waals surface area contributed by atoms with Crippen LogP contribution >= 0.6 is 0 Å². The Morgan fingerprint density at radius 2 is 0.875 bits per heavy atom. The Morgan fingerprint density at radius 3 is 1.64 bits per heavy atom. The Hall–Kier alpha value is -8.60. The minimum atomic E-state index is 0.794. The van der Waals surface area contributed by atoms with Gasteiger partial charge in [0, 0.05) is 43.6 Å². The molecule has 0 N–H and O–H groups in total. The number of benzene rings is 10. The lowest BCUT2D eigenvalue weighted by molar-refractivity contribution is 1.08. The number of hydrogen-bond acceptors (Lipinski definition) is 2. The molecule has 3 aromatic heterocycles. The van der Waals surface area contributed by atoms with Crippen molar-refractivity contribution in [1.29, 1.82) is 0 Å². The normalized spacial score (nSPS) is 12.1. The highest BCUT2D eigenvalue weighted by Gasteiger charge is 2.27. The van der Waals surface area contributed by atoms with Crippen LogP contribution < -0.4 is 0 Å². The van der Waals surface area contributed by atoms with Gasteiger partial charge in [0.15, 0.2) is 5.82 Å². The van der Waals surface area contributed by atoms with Crippen LogP contribution in [0.2, 0.25) is 0 Å². The second-order valence-electron chi connectivity index (χ2n) is 16.9. The maximum absolute atomic E-state index is 5.73. The van der Waals surface area contributed by atoms with Crippen molar-refractivity contribution in [2.45, 2.75) is 0 Å². The molecule has 0 amide bonds. The number of para-hydroxylation sites is 3. The molecule has 4 nitrogen and oxygen atoms in total. The Balaban J connectivity index is 1.12. The molecule has 0 spiro atoms. The zero-order valence-corrected chi connectivity index (χ0v) is 34.6. The van der Waals surface area contributed by atoms with Gasteiger partial charge in [-0.1, -0.05) is 170 Å². The Labute approximate surface area is 368 Å². The quantitative estimate of drug-likeness (QED) is 0.166. The van der Waals surface area contributed by atoms with Crippen molar-refractivity contribution < 1.29 is 0 Å². The van der Waals surface area contributed by atoms with Crippen LogP contribution in [0, 0.1) is 0 Å². The highest BCUT2D eigenvalue weighted by molar-refractivity contribution is 6.22. The summed E-state index contributed by atoms with van der Waals surface area (Å²) in [5.41, 5.74) is 18.8. The van der Waals surface area contributed by atoms with Gasteiger partial charge in [-0.15, -0.1) is 0 Å². The zero-order valence-electron chi connectivity index (χ0n) is 34.6. The molecule has 1 aliphatic heterocycles. The number of aromatic nitrogens is 4. The van der Waals surface area contributed by atoms with E-state index >= 15 is 0 Å². The van der Waals surface area contributed by atoms with Crippen molar-refractivity contribution in [1.82, 2.24) is 19.1 Å². The molecule has 0 saturated carbocycles. The molecule has 13 aromatic rings. The van der Waals surface area contributed by atoms with Gasteiger partial charge in [-0.3, -0.25) is 4.57 Å². The molecule has 4 heterocycles. The second kappa shape index (κ2) is 13.4. The molecule has 0 saturated heterocycles. The molecule has 0 atom stereocenters. The summed E-state index contributed by atoms with van der Waals surface area (Å²) in [6, 6.07) is 79.1. The summed E-state index contributed by atoms with van der Waals surface area (Å²) in [5, 5.41) is 6.96.